The number of hydrogen-bond acceptors (Lipinski definition) is 4. The fourth-order valence-electron chi connectivity index (χ4n) is 2.41. The van der Waals surface area contributed by atoms with Crippen LogP contribution in [0.15, 0.2) is 15.9 Å². The van der Waals surface area contributed by atoms with Gasteiger partial charge < -0.3 is 9.84 Å². The summed E-state index contributed by atoms with van der Waals surface area (Å²) in [6, 6.07) is 2.01. The highest BCUT2D eigenvalue weighted by Gasteiger charge is 2.37. The maximum atomic E-state index is 11.3. The molecule has 0 radical (unpaired) electrons. The number of ether oxygens (including phenoxy) is 1. The lowest BCUT2D eigenvalue weighted by molar-refractivity contribution is -0.143. The second kappa shape index (κ2) is 6.83. The van der Waals surface area contributed by atoms with Gasteiger partial charge in [0.15, 0.2) is 0 Å². The first-order chi connectivity index (χ1) is 9.13. The summed E-state index contributed by atoms with van der Waals surface area (Å²) < 4.78 is 6.48. The summed E-state index contributed by atoms with van der Waals surface area (Å²) in [7, 11) is 0. The highest BCUT2D eigenvalue weighted by Crippen LogP contribution is 2.28. The molecule has 106 valence electrons. The molecule has 1 fully saturated rings. The molecule has 0 aliphatic carbocycles. The number of halogens is 1. The van der Waals surface area contributed by atoms with Crippen LogP contribution in [0.5, 0.6) is 0 Å². The molecule has 6 heteroatoms. The van der Waals surface area contributed by atoms with Crippen LogP contribution in [-0.2, 0) is 16.1 Å². The Morgan fingerprint density at radius 1 is 1.63 bits per heavy atom. The predicted molar refractivity (Wildman–Crippen MR) is 78.5 cm³/mol. The molecular formula is C13H18BrNO3S. The number of nitrogens with zero attached hydrogens (tertiary/aromatic N) is 1. The molecule has 2 rings (SSSR count). The van der Waals surface area contributed by atoms with Gasteiger partial charge in [-0.25, -0.2) is 0 Å². The summed E-state index contributed by atoms with van der Waals surface area (Å²) in [5.41, 5.74) is 0. The third-order valence-corrected chi connectivity index (χ3v) is 5.30. The average molecular weight is 348 g/mol. The van der Waals surface area contributed by atoms with Crippen molar-refractivity contribution in [3.63, 3.8) is 0 Å². The van der Waals surface area contributed by atoms with Crippen molar-refractivity contribution >= 4 is 33.2 Å². The van der Waals surface area contributed by atoms with Gasteiger partial charge in [-0.15, -0.1) is 11.3 Å². The maximum Gasteiger partial charge on any atom is 0.310 e. The van der Waals surface area contributed by atoms with Crippen molar-refractivity contribution in [1.29, 1.82) is 0 Å². The first kappa shape index (κ1) is 15.0. The molecule has 4 nitrogen and oxygen atoms in total. The zero-order valence-electron chi connectivity index (χ0n) is 10.8. The number of carbonyl (C=O) groups is 1. The van der Waals surface area contributed by atoms with Crippen molar-refractivity contribution in [1.82, 2.24) is 4.90 Å². The molecule has 0 spiro atoms. The van der Waals surface area contributed by atoms with E-state index < -0.39 is 11.9 Å². The van der Waals surface area contributed by atoms with E-state index >= 15 is 0 Å². The minimum atomic E-state index is -0.756. The van der Waals surface area contributed by atoms with Gasteiger partial charge in [-0.05, 0) is 40.3 Å². The van der Waals surface area contributed by atoms with Gasteiger partial charge in [0.1, 0.15) is 0 Å². The minimum Gasteiger partial charge on any atom is -0.481 e. The quantitative estimate of drug-likeness (QED) is 0.859. The zero-order valence-corrected chi connectivity index (χ0v) is 13.2. The second-order valence-corrected chi connectivity index (χ2v) is 6.57. The van der Waals surface area contributed by atoms with E-state index in [2.05, 4.69) is 27.8 Å². The topological polar surface area (TPSA) is 49.8 Å². The Labute approximate surface area is 125 Å². The molecule has 1 aliphatic heterocycles. The lowest BCUT2D eigenvalue weighted by Gasteiger charge is -2.29. The normalized spacial score (nSPS) is 23.1. The summed E-state index contributed by atoms with van der Waals surface area (Å²) in [5.74, 6) is -1.17. The third-order valence-electron chi connectivity index (χ3n) is 3.39. The molecular weight excluding hydrogens is 330 g/mol. The number of rotatable bonds is 6. The van der Waals surface area contributed by atoms with Crippen LogP contribution in [0.2, 0.25) is 0 Å². The Hall–Kier alpha value is -0.430. The van der Waals surface area contributed by atoms with Gasteiger partial charge in [-0.2, -0.15) is 0 Å². The fraction of sp³-hybridized carbons (Fsp3) is 0.615. The largest absolute Gasteiger partial charge is 0.481 e. The highest BCUT2D eigenvalue weighted by atomic mass is 79.9. The number of aliphatic carboxylic acids is 1. The van der Waals surface area contributed by atoms with Crippen LogP contribution in [0.4, 0.5) is 0 Å². The first-order valence-electron chi connectivity index (χ1n) is 6.40. The number of thiophene rings is 1. The van der Waals surface area contributed by atoms with Crippen LogP contribution in [0, 0.1) is 5.92 Å². The molecule has 2 heterocycles. The predicted octanol–water partition coefficient (Wildman–Crippen LogP) is 2.82. The van der Waals surface area contributed by atoms with Crippen LogP contribution in [0.3, 0.4) is 0 Å². The third kappa shape index (κ3) is 3.56. The van der Waals surface area contributed by atoms with Gasteiger partial charge >= 0.3 is 5.97 Å². The van der Waals surface area contributed by atoms with E-state index in [1.165, 1.54) is 4.88 Å². The van der Waals surface area contributed by atoms with Crippen LogP contribution in [0.25, 0.3) is 0 Å². The Balaban J connectivity index is 2.11. The molecule has 0 bridgehead atoms. The van der Waals surface area contributed by atoms with Crippen LogP contribution in [-0.4, -0.2) is 41.8 Å². The van der Waals surface area contributed by atoms with Gasteiger partial charge in [0.05, 0.1) is 19.1 Å². The standard InChI is InChI=1S/C13H18BrNO3S/c1-2-4-15(6-12-10(14)3-5-19-12)11-8-18-7-9(11)13(16)17/h3,5,9,11H,2,4,6-8H2,1H3,(H,16,17). The molecule has 0 saturated carbocycles. The molecule has 1 aromatic heterocycles. The minimum absolute atomic E-state index is 0.0218. The van der Waals surface area contributed by atoms with E-state index in [0.29, 0.717) is 13.2 Å². The molecule has 0 amide bonds. The zero-order chi connectivity index (χ0) is 13.8. The SMILES string of the molecule is CCCN(Cc1sccc1Br)C1COCC1C(=O)O. The Morgan fingerprint density at radius 3 is 3.00 bits per heavy atom. The van der Waals surface area contributed by atoms with Crippen molar-refractivity contribution < 1.29 is 14.6 Å². The Morgan fingerprint density at radius 2 is 2.42 bits per heavy atom. The van der Waals surface area contributed by atoms with E-state index in [-0.39, 0.29) is 6.04 Å². The summed E-state index contributed by atoms with van der Waals surface area (Å²) in [6.07, 6.45) is 1.01. The number of carboxylic acid groups (broad SMARTS) is 1. The molecule has 2 atom stereocenters. The van der Waals surface area contributed by atoms with E-state index in [9.17, 15) is 9.90 Å². The summed E-state index contributed by atoms with van der Waals surface area (Å²) in [6.45, 7) is 4.62. The monoisotopic (exact) mass is 347 g/mol. The molecule has 1 aliphatic rings. The lowest BCUT2D eigenvalue weighted by Crippen LogP contribution is -2.43. The molecule has 19 heavy (non-hydrogen) atoms. The van der Waals surface area contributed by atoms with Gasteiger partial charge in [0.2, 0.25) is 0 Å². The van der Waals surface area contributed by atoms with E-state index in [0.717, 1.165) is 24.0 Å². The van der Waals surface area contributed by atoms with Gasteiger partial charge in [0, 0.05) is 21.9 Å². The summed E-state index contributed by atoms with van der Waals surface area (Å²) in [5, 5.41) is 11.3. The average Bonchev–Trinajstić information content (AvgIpc) is 2.98. The fourth-order valence-corrected chi connectivity index (χ4v) is 3.91. The molecule has 2 unspecified atom stereocenters. The van der Waals surface area contributed by atoms with Crippen LogP contribution in [0.1, 0.15) is 18.2 Å². The summed E-state index contributed by atoms with van der Waals surface area (Å²) in [4.78, 5) is 14.8. The van der Waals surface area contributed by atoms with E-state index in [4.69, 9.17) is 4.74 Å². The van der Waals surface area contributed by atoms with Crippen molar-refractivity contribution in [2.75, 3.05) is 19.8 Å². The maximum absolute atomic E-state index is 11.3. The van der Waals surface area contributed by atoms with E-state index in [1.807, 2.05) is 11.4 Å². The van der Waals surface area contributed by atoms with Gasteiger partial charge in [-0.1, -0.05) is 6.92 Å². The van der Waals surface area contributed by atoms with Gasteiger partial charge in [-0.3, -0.25) is 9.69 Å². The number of hydrogen-bond donors (Lipinski definition) is 1. The Kier molecular flexibility index (Phi) is 5.38. The summed E-state index contributed by atoms with van der Waals surface area (Å²) >= 11 is 5.23. The second-order valence-electron chi connectivity index (χ2n) is 4.71. The molecule has 0 aromatic carbocycles. The van der Waals surface area contributed by atoms with Crippen molar-refractivity contribution in [2.24, 2.45) is 5.92 Å². The van der Waals surface area contributed by atoms with Gasteiger partial charge in [0.25, 0.3) is 0 Å². The van der Waals surface area contributed by atoms with Crippen molar-refractivity contribution in [2.45, 2.75) is 25.9 Å². The molecule has 1 N–H and O–H groups in total. The highest BCUT2D eigenvalue weighted by molar-refractivity contribution is 9.10. The number of carboxylic acids is 1. The van der Waals surface area contributed by atoms with E-state index in [1.54, 1.807) is 11.3 Å². The first-order valence-corrected chi connectivity index (χ1v) is 8.07. The van der Waals surface area contributed by atoms with Crippen molar-refractivity contribution in [3.05, 3.63) is 20.8 Å². The molecule has 1 aromatic rings. The van der Waals surface area contributed by atoms with Crippen LogP contribution < -0.4 is 0 Å². The van der Waals surface area contributed by atoms with Crippen molar-refractivity contribution in [3.8, 4) is 0 Å². The van der Waals surface area contributed by atoms with Crippen LogP contribution >= 0.6 is 27.3 Å². The lowest BCUT2D eigenvalue weighted by atomic mass is 10.0. The molecule has 1 saturated heterocycles. The smallest absolute Gasteiger partial charge is 0.310 e. The Bertz CT molecular complexity index is 437.